The molecule has 0 fully saturated rings. The number of aromatic nitrogens is 2. The Kier molecular flexibility index (Phi) is 4.76. The van der Waals surface area contributed by atoms with Crippen LogP contribution in [0.5, 0.6) is 0 Å². The van der Waals surface area contributed by atoms with Crippen LogP contribution in [0.25, 0.3) is 16.6 Å². The van der Waals surface area contributed by atoms with Crippen molar-refractivity contribution in [3.05, 3.63) is 42.1 Å². The maximum atomic E-state index is 12.4. The molecule has 0 bridgehead atoms. The van der Waals surface area contributed by atoms with Crippen molar-refractivity contribution in [2.24, 2.45) is 0 Å². The van der Waals surface area contributed by atoms with Gasteiger partial charge in [-0.1, -0.05) is 0 Å². The third-order valence-electron chi connectivity index (χ3n) is 4.18. The van der Waals surface area contributed by atoms with Gasteiger partial charge in [-0.3, -0.25) is 0 Å². The highest BCUT2D eigenvalue weighted by Gasteiger charge is 2.26. The van der Waals surface area contributed by atoms with Crippen LogP contribution in [0.4, 0.5) is 19.0 Å². The molecule has 8 heteroatoms. The Balaban J connectivity index is 2.00. The van der Waals surface area contributed by atoms with Crippen LogP contribution in [0, 0.1) is 0 Å². The number of anilines is 1. The van der Waals surface area contributed by atoms with Gasteiger partial charge < -0.3 is 14.0 Å². The van der Waals surface area contributed by atoms with Crippen molar-refractivity contribution in [3.8, 4) is 0 Å². The van der Waals surface area contributed by atoms with Gasteiger partial charge in [0.1, 0.15) is 0 Å². The average Bonchev–Trinajstić information content (AvgIpc) is 3.08. The second-order valence-electron chi connectivity index (χ2n) is 6.03. The molecule has 2 aromatic heterocycles. The van der Waals surface area contributed by atoms with E-state index in [0.29, 0.717) is 16.9 Å². The molecule has 0 aliphatic heterocycles. The third-order valence-corrected chi connectivity index (χ3v) is 4.18. The Labute approximate surface area is 148 Å². The SMILES string of the molecule is COC(=O)c1ccc2c(c1)nc(N(C)CCCC(F)(F)F)c1cccn12. The summed E-state index contributed by atoms with van der Waals surface area (Å²) >= 11 is 0. The number of esters is 1. The van der Waals surface area contributed by atoms with Gasteiger partial charge in [-0.15, -0.1) is 0 Å². The number of carbonyl (C=O) groups is 1. The molecule has 0 N–H and O–H groups in total. The van der Waals surface area contributed by atoms with Gasteiger partial charge in [0.2, 0.25) is 0 Å². The van der Waals surface area contributed by atoms with Gasteiger partial charge in [-0.05, 0) is 36.8 Å². The summed E-state index contributed by atoms with van der Waals surface area (Å²) in [7, 11) is 3.01. The van der Waals surface area contributed by atoms with Crippen molar-refractivity contribution in [2.75, 3.05) is 25.6 Å². The Morgan fingerprint density at radius 1 is 1.27 bits per heavy atom. The van der Waals surface area contributed by atoms with Crippen molar-refractivity contribution in [1.29, 1.82) is 0 Å². The zero-order valence-electron chi connectivity index (χ0n) is 14.4. The molecule has 3 aromatic rings. The molecule has 0 saturated carbocycles. The summed E-state index contributed by atoms with van der Waals surface area (Å²) < 4.78 is 43.8. The first-order valence-electron chi connectivity index (χ1n) is 8.07. The van der Waals surface area contributed by atoms with E-state index in [9.17, 15) is 18.0 Å². The summed E-state index contributed by atoms with van der Waals surface area (Å²) in [4.78, 5) is 18.0. The van der Waals surface area contributed by atoms with E-state index in [1.165, 1.54) is 7.11 Å². The second-order valence-corrected chi connectivity index (χ2v) is 6.03. The van der Waals surface area contributed by atoms with Crippen LogP contribution in [0.15, 0.2) is 36.5 Å². The molecule has 0 aliphatic carbocycles. The predicted octanol–water partition coefficient (Wildman–Crippen LogP) is 4.05. The number of fused-ring (bicyclic) bond motifs is 3. The Bertz CT molecular complexity index is 950. The van der Waals surface area contributed by atoms with E-state index in [1.807, 2.05) is 22.7 Å². The average molecular weight is 365 g/mol. The van der Waals surface area contributed by atoms with E-state index in [4.69, 9.17) is 4.74 Å². The summed E-state index contributed by atoms with van der Waals surface area (Å²) in [5, 5.41) is 0. The molecule has 0 unspecified atom stereocenters. The molecule has 26 heavy (non-hydrogen) atoms. The second kappa shape index (κ2) is 6.86. The maximum Gasteiger partial charge on any atom is 0.389 e. The molecule has 138 valence electrons. The number of alkyl halides is 3. The number of rotatable bonds is 5. The Hall–Kier alpha value is -2.77. The zero-order chi connectivity index (χ0) is 18.9. The summed E-state index contributed by atoms with van der Waals surface area (Å²) in [6.45, 7) is 0.218. The lowest BCUT2D eigenvalue weighted by atomic mass is 10.2. The fourth-order valence-corrected chi connectivity index (χ4v) is 2.91. The lowest BCUT2D eigenvalue weighted by Gasteiger charge is -2.21. The summed E-state index contributed by atoms with van der Waals surface area (Å²) in [6.07, 6.45) is -3.18. The molecule has 1 aromatic carbocycles. The van der Waals surface area contributed by atoms with Gasteiger partial charge in [0.25, 0.3) is 0 Å². The standard InChI is InChI=1S/C18H18F3N3O2/c1-23(9-4-8-18(19,20)21)16-15-5-3-10-24(15)14-7-6-12(17(25)26-2)11-13(14)22-16/h3,5-7,10-11H,4,8-9H2,1-2H3. The van der Waals surface area contributed by atoms with Crippen LogP contribution in [0.3, 0.4) is 0 Å². The molecule has 0 aliphatic rings. The molecule has 0 spiro atoms. The highest BCUT2D eigenvalue weighted by atomic mass is 19.4. The molecule has 3 rings (SSSR count). The zero-order valence-corrected chi connectivity index (χ0v) is 14.4. The lowest BCUT2D eigenvalue weighted by Crippen LogP contribution is -2.22. The number of carbonyl (C=O) groups excluding carboxylic acids is 1. The third kappa shape index (κ3) is 3.58. The fraction of sp³-hybridized carbons (Fsp3) is 0.333. The van der Waals surface area contributed by atoms with Crippen LogP contribution in [0.2, 0.25) is 0 Å². The highest BCUT2D eigenvalue weighted by molar-refractivity contribution is 5.95. The number of hydrogen-bond acceptors (Lipinski definition) is 4. The van der Waals surface area contributed by atoms with E-state index < -0.39 is 18.6 Å². The maximum absolute atomic E-state index is 12.4. The van der Waals surface area contributed by atoms with Crippen LogP contribution in [0.1, 0.15) is 23.2 Å². The van der Waals surface area contributed by atoms with Crippen molar-refractivity contribution >= 4 is 28.3 Å². The number of hydrogen-bond donors (Lipinski definition) is 0. The van der Waals surface area contributed by atoms with Gasteiger partial charge in [-0.25, -0.2) is 9.78 Å². The van der Waals surface area contributed by atoms with E-state index in [-0.39, 0.29) is 13.0 Å². The van der Waals surface area contributed by atoms with Crippen molar-refractivity contribution < 1.29 is 22.7 Å². The fourth-order valence-electron chi connectivity index (χ4n) is 2.91. The molecule has 2 heterocycles. The van der Waals surface area contributed by atoms with E-state index in [0.717, 1.165) is 11.0 Å². The molecule has 5 nitrogen and oxygen atoms in total. The summed E-state index contributed by atoms with van der Waals surface area (Å²) in [5.74, 6) is 0.0908. The minimum Gasteiger partial charge on any atom is -0.465 e. The van der Waals surface area contributed by atoms with Crippen molar-refractivity contribution in [2.45, 2.75) is 19.0 Å². The van der Waals surface area contributed by atoms with E-state index in [1.54, 1.807) is 30.1 Å². The molecule has 0 atom stereocenters. The minimum atomic E-state index is -4.17. The summed E-state index contributed by atoms with van der Waals surface area (Å²) in [5.41, 5.74) is 2.52. The topological polar surface area (TPSA) is 46.8 Å². The van der Waals surface area contributed by atoms with Gasteiger partial charge in [-0.2, -0.15) is 13.2 Å². The Morgan fingerprint density at radius 2 is 2.04 bits per heavy atom. The van der Waals surface area contributed by atoms with Crippen LogP contribution in [-0.4, -0.2) is 42.2 Å². The van der Waals surface area contributed by atoms with Gasteiger partial charge in [0.15, 0.2) is 5.82 Å². The number of ether oxygens (including phenoxy) is 1. The van der Waals surface area contributed by atoms with Crippen molar-refractivity contribution in [1.82, 2.24) is 9.38 Å². The predicted molar refractivity (Wildman–Crippen MR) is 92.6 cm³/mol. The number of methoxy groups -OCH3 is 1. The van der Waals surface area contributed by atoms with Gasteiger partial charge in [0.05, 0.1) is 29.2 Å². The van der Waals surface area contributed by atoms with Crippen LogP contribution >= 0.6 is 0 Å². The smallest absolute Gasteiger partial charge is 0.389 e. The number of nitrogens with zero attached hydrogens (tertiary/aromatic N) is 3. The van der Waals surface area contributed by atoms with E-state index in [2.05, 4.69) is 4.98 Å². The Morgan fingerprint density at radius 3 is 2.73 bits per heavy atom. The quantitative estimate of drug-likeness (QED) is 0.640. The lowest BCUT2D eigenvalue weighted by molar-refractivity contribution is -0.135. The first-order chi connectivity index (χ1) is 12.3. The number of benzene rings is 1. The summed E-state index contributed by atoms with van der Waals surface area (Å²) in [6, 6.07) is 8.75. The molecular formula is C18H18F3N3O2. The highest BCUT2D eigenvalue weighted by Crippen LogP contribution is 2.27. The first kappa shape index (κ1) is 18.0. The monoisotopic (exact) mass is 365 g/mol. The molecule has 0 saturated heterocycles. The first-order valence-corrected chi connectivity index (χ1v) is 8.07. The molecule has 0 amide bonds. The minimum absolute atomic E-state index is 0.0191. The molecule has 0 radical (unpaired) electrons. The van der Waals surface area contributed by atoms with Gasteiger partial charge >= 0.3 is 12.1 Å². The van der Waals surface area contributed by atoms with Crippen molar-refractivity contribution in [3.63, 3.8) is 0 Å². The normalized spacial score (nSPS) is 11.9. The van der Waals surface area contributed by atoms with Gasteiger partial charge in [0, 0.05) is 26.2 Å². The molecular weight excluding hydrogens is 347 g/mol. The van der Waals surface area contributed by atoms with E-state index >= 15 is 0 Å². The van der Waals surface area contributed by atoms with Crippen LogP contribution in [-0.2, 0) is 4.74 Å². The number of halogens is 3. The largest absolute Gasteiger partial charge is 0.465 e. The van der Waals surface area contributed by atoms with Crippen LogP contribution < -0.4 is 4.90 Å².